The fraction of sp³-hybridized carbons (Fsp3) is 0.389. The van der Waals surface area contributed by atoms with E-state index in [0.29, 0.717) is 6.61 Å². The van der Waals surface area contributed by atoms with E-state index in [2.05, 4.69) is 48.4 Å². The van der Waals surface area contributed by atoms with E-state index >= 15 is 0 Å². The van der Waals surface area contributed by atoms with E-state index in [-0.39, 0.29) is 5.41 Å². The van der Waals surface area contributed by atoms with Crippen molar-refractivity contribution in [3.05, 3.63) is 66.0 Å². The average molecular weight is 284 g/mol. The molecule has 0 saturated heterocycles. The molecule has 1 aromatic carbocycles. The highest BCUT2D eigenvalue weighted by atomic mass is 16.5. The first-order chi connectivity index (χ1) is 10.2. The molecule has 0 aliphatic rings. The number of aromatic nitrogens is 1. The van der Waals surface area contributed by atoms with Crippen molar-refractivity contribution < 1.29 is 4.74 Å². The molecule has 112 valence electrons. The number of rotatable bonds is 8. The zero-order valence-electron chi connectivity index (χ0n) is 12.9. The summed E-state index contributed by atoms with van der Waals surface area (Å²) in [6, 6.07) is 14.4. The minimum atomic E-state index is 0.108. The number of hydrogen-bond acceptors (Lipinski definition) is 3. The van der Waals surface area contributed by atoms with Gasteiger partial charge in [0.25, 0.3) is 0 Å². The summed E-state index contributed by atoms with van der Waals surface area (Å²) in [6.45, 7) is 7.60. The molecular weight excluding hydrogens is 260 g/mol. The van der Waals surface area contributed by atoms with E-state index in [1.54, 1.807) is 6.20 Å². The largest absolute Gasteiger partial charge is 0.376 e. The highest BCUT2D eigenvalue weighted by molar-refractivity contribution is 5.14. The summed E-state index contributed by atoms with van der Waals surface area (Å²) >= 11 is 0. The van der Waals surface area contributed by atoms with Crippen molar-refractivity contribution in [1.29, 1.82) is 0 Å². The van der Waals surface area contributed by atoms with Crippen LogP contribution in [0.1, 0.15) is 25.0 Å². The second kappa shape index (κ2) is 7.91. The molecule has 0 spiro atoms. The summed E-state index contributed by atoms with van der Waals surface area (Å²) in [5.74, 6) is 0. The second-order valence-corrected chi connectivity index (χ2v) is 6.11. The van der Waals surface area contributed by atoms with E-state index in [4.69, 9.17) is 4.74 Å². The van der Waals surface area contributed by atoms with Gasteiger partial charge in [-0.1, -0.05) is 50.2 Å². The first-order valence-corrected chi connectivity index (χ1v) is 7.37. The summed E-state index contributed by atoms with van der Waals surface area (Å²) in [4.78, 5) is 4.09. The van der Waals surface area contributed by atoms with E-state index in [9.17, 15) is 0 Å². The van der Waals surface area contributed by atoms with Crippen LogP contribution in [-0.4, -0.2) is 18.1 Å². The first-order valence-electron chi connectivity index (χ1n) is 7.37. The van der Waals surface area contributed by atoms with Crippen molar-refractivity contribution in [2.75, 3.05) is 13.2 Å². The Morgan fingerprint density at radius 1 is 1.05 bits per heavy atom. The molecule has 0 radical (unpaired) electrons. The Labute approximate surface area is 127 Å². The average Bonchev–Trinajstić information content (AvgIpc) is 2.49. The zero-order chi connectivity index (χ0) is 15.0. The maximum absolute atomic E-state index is 5.81. The predicted molar refractivity (Wildman–Crippen MR) is 85.8 cm³/mol. The Hall–Kier alpha value is -1.71. The number of nitrogens with one attached hydrogen (secondary N) is 1. The smallest absolute Gasteiger partial charge is 0.0732 e. The molecule has 1 N–H and O–H groups in total. The topological polar surface area (TPSA) is 34.1 Å². The Balaban J connectivity index is 1.67. The van der Waals surface area contributed by atoms with Gasteiger partial charge in [-0.25, -0.2) is 0 Å². The van der Waals surface area contributed by atoms with Crippen molar-refractivity contribution in [2.24, 2.45) is 5.41 Å². The van der Waals surface area contributed by atoms with Crippen LogP contribution >= 0.6 is 0 Å². The molecule has 1 aromatic heterocycles. The summed E-state index contributed by atoms with van der Waals surface area (Å²) in [6.07, 6.45) is 3.63. The van der Waals surface area contributed by atoms with E-state index in [1.807, 2.05) is 24.4 Å². The third kappa shape index (κ3) is 6.06. The van der Waals surface area contributed by atoms with Gasteiger partial charge in [0.15, 0.2) is 0 Å². The highest BCUT2D eigenvalue weighted by Gasteiger charge is 2.17. The third-order valence-corrected chi connectivity index (χ3v) is 3.26. The Morgan fingerprint density at radius 3 is 2.52 bits per heavy atom. The fourth-order valence-corrected chi connectivity index (χ4v) is 2.12. The van der Waals surface area contributed by atoms with Crippen LogP contribution in [0.25, 0.3) is 0 Å². The van der Waals surface area contributed by atoms with Gasteiger partial charge in [0, 0.05) is 30.9 Å². The van der Waals surface area contributed by atoms with Crippen molar-refractivity contribution in [3.8, 4) is 0 Å². The van der Waals surface area contributed by atoms with Crippen LogP contribution in [0.4, 0.5) is 0 Å². The van der Waals surface area contributed by atoms with E-state index < -0.39 is 0 Å². The van der Waals surface area contributed by atoms with Crippen molar-refractivity contribution >= 4 is 0 Å². The van der Waals surface area contributed by atoms with Crippen LogP contribution in [0.5, 0.6) is 0 Å². The van der Waals surface area contributed by atoms with Gasteiger partial charge >= 0.3 is 0 Å². The third-order valence-electron chi connectivity index (χ3n) is 3.26. The first kappa shape index (κ1) is 15.7. The Bertz CT molecular complexity index is 464. The lowest BCUT2D eigenvalue weighted by Crippen LogP contribution is -2.33. The normalized spacial score (nSPS) is 11.5. The lowest BCUT2D eigenvalue weighted by Gasteiger charge is -2.25. The molecule has 2 aromatic rings. The fourth-order valence-electron chi connectivity index (χ4n) is 2.12. The van der Waals surface area contributed by atoms with Gasteiger partial charge < -0.3 is 10.1 Å². The van der Waals surface area contributed by atoms with Gasteiger partial charge in [0.1, 0.15) is 0 Å². The molecule has 0 bridgehead atoms. The standard InChI is InChI=1S/C18H24N2O/c1-18(2,14-20-11-16-7-4-3-5-8-16)15-21-13-17-9-6-10-19-12-17/h3-10,12,20H,11,13-15H2,1-2H3. The molecule has 0 fully saturated rings. The van der Waals surface area contributed by atoms with Gasteiger partial charge in [-0.3, -0.25) is 4.98 Å². The molecule has 3 heteroatoms. The quantitative estimate of drug-likeness (QED) is 0.806. The van der Waals surface area contributed by atoms with Crippen LogP contribution in [0, 0.1) is 5.41 Å². The molecule has 2 rings (SSSR count). The lowest BCUT2D eigenvalue weighted by molar-refractivity contribution is 0.0510. The highest BCUT2D eigenvalue weighted by Crippen LogP contribution is 2.15. The number of nitrogens with zero attached hydrogens (tertiary/aromatic N) is 1. The Kier molecular flexibility index (Phi) is 5.90. The molecule has 0 amide bonds. The maximum Gasteiger partial charge on any atom is 0.0732 e. The number of benzene rings is 1. The maximum atomic E-state index is 5.81. The van der Waals surface area contributed by atoms with Crippen molar-refractivity contribution in [1.82, 2.24) is 10.3 Å². The minimum absolute atomic E-state index is 0.108. The number of pyridine rings is 1. The molecule has 0 aliphatic heterocycles. The zero-order valence-corrected chi connectivity index (χ0v) is 12.9. The van der Waals surface area contributed by atoms with Gasteiger partial charge in [0.2, 0.25) is 0 Å². The molecule has 1 heterocycles. The summed E-state index contributed by atoms with van der Waals surface area (Å²) in [5, 5.41) is 3.50. The summed E-state index contributed by atoms with van der Waals surface area (Å²) < 4.78 is 5.81. The van der Waals surface area contributed by atoms with Crippen LogP contribution < -0.4 is 5.32 Å². The SMILES string of the molecule is CC(C)(CNCc1ccccc1)COCc1cccnc1. The monoisotopic (exact) mass is 284 g/mol. The molecule has 0 aliphatic carbocycles. The second-order valence-electron chi connectivity index (χ2n) is 6.11. The number of ether oxygens (including phenoxy) is 1. The number of hydrogen-bond donors (Lipinski definition) is 1. The summed E-state index contributed by atoms with van der Waals surface area (Å²) in [5.41, 5.74) is 2.53. The lowest BCUT2D eigenvalue weighted by atomic mass is 9.95. The van der Waals surface area contributed by atoms with Gasteiger partial charge in [-0.2, -0.15) is 0 Å². The predicted octanol–water partition coefficient (Wildman–Crippen LogP) is 3.41. The van der Waals surface area contributed by atoms with E-state index in [0.717, 1.165) is 25.3 Å². The van der Waals surface area contributed by atoms with Crippen LogP contribution in [0.3, 0.4) is 0 Å². The van der Waals surface area contributed by atoms with Gasteiger partial charge in [0.05, 0.1) is 13.2 Å². The van der Waals surface area contributed by atoms with Gasteiger partial charge in [-0.05, 0) is 17.2 Å². The molecule has 3 nitrogen and oxygen atoms in total. The minimum Gasteiger partial charge on any atom is -0.376 e. The molecule has 0 atom stereocenters. The van der Waals surface area contributed by atoms with E-state index in [1.165, 1.54) is 5.56 Å². The Morgan fingerprint density at radius 2 is 1.81 bits per heavy atom. The molecule has 21 heavy (non-hydrogen) atoms. The van der Waals surface area contributed by atoms with Crippen LogP contribution in [0.2, 0.25) is 0 Å². The molecule has 0 unspecified atom stereocenters. The van der Waals surface area contributed by atoms with Crippen molar-refractivity contribution in [3.63, 3.8) is 0 Å². The van der Waals surface area contributed by atoms with Gasteiger partial charge in [-0.15, -0.1) is 0 Å². The molecular formula is C18H24N2O. The van der Waals surface area contributed by atoms with Crippen LogP contribution in [-0.2, 0) is 17.9 Å². The molecule has 0 saturated carbocycles. The van der Waals surface area contributed by atoms with Crippen LogP contribution in [0.15, 0.2) is 54.9 Å². The van der Waals surface area contributed by atoms with Crippen molar-refractivity contribution in [2.45, 2.75) is 27.0 Å². The summed E-state index contributed by atoms with van der Waals surface area (Å²) in [7, 11) is 0.